The van der Waals surface area contributed by atoms with Crippen molar-refractivity contribution in [2.45, 2.75) is 32.1 Å². The van der Waals surface area contributed by atoms with Crippen molar-refractivity contribution in [2.24, 2.45) is 0 Å². The summed E-state index contributed by atoms with van der Waals surface area (Å²) >= 11 is 0. The molecule has 1 aromatic rings. The Labute approximate surface area is 114 Å². The molecule has 104 valence electrons. The van der Waals surface area contributed by atoms with Crippen LogP contribution in [0.25, 0.3) is 0 Å². The van der Waals surface area contributed by atoms with Crippen LogP contribution in [0.15, 0.2) is 18.2 Å². The van der Waals surface area contributed by atoms with E-state index >= 15 is 0 Å². The Morgan fingerprint density at radius 1 is 1.53 bits per heavy atom. The van der Waals surface area contributed by atoms with Gasteiger partial charge in [-0.15, -0.1) is 0 Å². The molecule has 1 unspecified atom stereocenters. The van der Waals surface area contributed by atoms with Gasteiger partial charge < -0.3 is 14.7 Å². The van der Waals surface area contributed by atoms with Crippen LogP contribution in [0.2, 0.25) is 0 Å². The lowest BCUT2D eigenvalue weighted by Gasteiger charge is -2.24. The van der Waals surface area contributed by atoms with Crippen LogP contribution >= 0.6 is 0 Å². The predicted octanol–water partition coefficient (Wildman–Crippen LogP) is 2.87. The van der Waals surface area contributed by atoms with E-state index in [9.17, 15) is 4.79 Å². The van der Waals surface area contributed by atoms with Crippen molar-refractivity contribution in [2.75, 3.05) is 25.1 Å². The normalized spacial score (nSPS) is 18.6. The zero-order chi connectivity index (χ0) is 13.8. The second kappa shape index (κ2) is 5.95. The van der Waals surface area contributed by atoms with Gasteiger partial charge in [0.15, 0.2) is 0 Å². The van der Waals surface area contributed by atoms with Crippen LogP contribution in [0.3, 0.4) is 0 Å². The summed E-state index contributed by atoms with van der Waals surface area (Å²) in [6.45, 7) is 3.52. The van der Waals surface area contributed by atoms with Crippen molar-refractivity contribution < 1.29 is 14.6 Å². The number of nitrogens with zero attached hydrogens (tertiary/aromatic N) is 1. The van der Waals surface area contributed by atoms with Gasteiger partial charge >= 0.3 is 5.97 Å². The van der Waals surface area contributed by atoms with Gasteiger partial charge in [0.05, 0.1) is 18.7 Å². The summed E-state index contributed by atoms with van der Waals surface area (Å²) in [6.07, 6.45) is 2.12. The molecule has 0 amide bonds. The lowest BCUT2D eigenvalue weighted by Crippen LogP contribution is -2.19. The largest absolute Gasteiger partial charge is 0.492 e. The maximum absolute atomic E-state index is 11.0. The van der Waals surface area contributed by atoms with Crippen molar-refractivity contribution in [1.29, 1.82) is 0 Å². The summed E-state index contributed by atoms with van der Waals surface area (Å²) in [5.41, 5.74) is 2.17. The van der Waals surface area contributed by atoms with Crippen LogP contribution in [0.5, 0.6) is 5.75 Å². The number of rotatable bonds is 4. The van der Waals surface area contributed by atoms with Gasteiger partial charge in [0.25, 0.3) is 0 Å². The molecule has 4 nitrogen and oxygen atoms in total. The lowest BCUT2D eigenvalue weighted by atomic mass is 9.91. The van der Waals surface area contributed by atoms with Gasteiger partial charge in [-0.05, 0) is 37.3 Å². The van der Waals surface area contributed by atoms with E-state index in [0.717, 1.165) is 36.4 Å². The number of carbonyl (C=O) groups is 1. The standard InChI is InChI=1S/C15H21NO3/c1-3-19-13-8-4-7-12-11(10-14(17)18)6-5-9-16(2)15(12)13/h4,7-8,11H,3,5-6,9-10H2,1-2H3,(H,17,18). The number of ether oxygens (including phenoxy) is 1. The van der Waals surface area contributed by atoms with Gasteiger partial charge in [0.1, 0.15) is 5.75 Å². The Kier molecular flexibility index (Phi) is 4.30. The first-order valence-corrected chi connectivity index (χ1v) is 6.82. The molecule has 0 aliphatic carbocycles. The molecule has 0 saturated heterocycles. The Morgan fingerprint density at radius 2 is 2.32 bits per heavy atom. The van der Waals surface area contributed by atoms with E-state index < -0.39 is 5.97 Å². The van der Waals surface area contributed by atoms with Crippen LogP contribution in [-0.4, -0.2) is 31.3 Å². The van der Waals surface area contributed by atoms with Gasteiger partial charge in [-0.1, -0.05) is 12.1 Å². The van der Waals surface area contributed by atoms with Crippen LogP contribution in [0, 0.1) is 0 Å². The molecule has 0 fully saturated rings. The van der Waals surface area contributed by atoms with Gasteiger partial charge in [-0.3, -0.25) is 4.79 Å². The van der Waals surface area contributed by atoms with E-state index in [4.69, 9.17) is 9.84 Å². The highest BCUT2D eigenvalue weighted by atomic mass is 16.5. The third-order valence-electron chi connectivity index (χ3n) is 3.62. The number of aliphatic carboxylic acids is 1. The first-order valence-electron chi connectivity index (χ1n) is 6.82. The van der Waals surface area contributed by atoms with Crippen molar-refractivity contribution >= 4 is 11.7 Å². The fraction of sp³-hybridized carbons (Fsp3) is 0.533. The zero-order valence-electron chi connectivity index (χ0n) is 11.6. The number of hydrogen-bond donors (Lipinski definition) is 1. The fourth-order valence-electron chi connectivity index (χ4n) is 2.81. The lowest BCUT2D eigenvalue weighted by molar-refractivity contribution is -0.137. The second-order valence-electron chi connectivity index (χ2n) is 4.99. The van der Waals surface area contributed by atoms with Crippen molar-refractivity contribution in [3.05, 3.63) is 23.8 Å². The predicted molar refractivity (Wildman–Crippen MR) is 75.1 cm³/mol. The highest BCUT2D eigenvalue weighted by Gasteiger charge is 2.25. The van der Waals surface area contributed by atoms with Gasteiger partial charge in [0, 0.05) is 13.6 Å². The van der Waals surface area contributed by atoms with Crippen molar-refractivity contribution in [3.63, 3.8) is 0 Å². The molecule has 1 aromatic carbocycles. The van der Waals surface area contributed by atoms with Crippen molar-refractivity contribution in [3.8, 4) is 5.75 Å². The summed E-state index contributed by atoms with van der Waals surface area (Å²) in [5, 5.41) is 9.08. The molecule has 1 aliphatic rings. The second-order valence-corrected chi connectivity index (χ2v) is 4.99. The third kappa shape index (κ3) is 3.00. The molecule has 1 aliphatic heterocycles. The highest BCUT2D eigenvalue weighted by Crippen LogP contribution is 2.41. The van der Waals surface area contributed by atoms with Gasteiger partial charge in [-0.25, -0.2) is 0 Å². The van der Waals surface area contributed by atoms with E-state index in [-0.39, 0.29) is 12.3 Å². The quantitative estimate of drug-likeness (QED) is 0.907. The van der Waals surface area contributed by atoms with E-state index in [1.165, 1.54) is 0 Å². The highest BCUT2D eigenvalue weighted by molar-refractivity contribution is 5.71. The Hall–Kier alpha value is -1.71. The number of para-hydroxylation sites is 1. The Morgan fingerprint density at radius 3 is 3.00 bits per heavy atom. The van der Waals surface area contributed by atoms with Crippen LogP contribution in [0.4, 0.5) is 5.69 Å². The first-order chi connectivity index (χ1) is 9.13. The first kappa shape index (κ1) is 13.7. The monoisotopic (exact) mass is 263 g/mol. The molecule has 0 spiro atoms. The third-order valence-corrected chi connectivity index (χ3v) is 3.62. The molecular weight excluding hydrogens is 242 g/mol. The molecule has 19 heavy (non-hydrogen) atoms. The van der Waals surface area contributed by atoms with Crippen molar-refractivity contribution in [1.82, 2.24) is 0 Å². The SMILES string of the molecule is CCOc1cccc2c1N(C)CCCC2CC(=O)O. The number of carboxylic acids is 1. The Balaban J connectivity index is 2.43. The number of hydrogen-bond acceptors (Lipinski definition) is 3. The number of anilines is 1. The zero-order valence-corrected chi connectivity index (χ0v) is 11.6. The molecule has 0 bridgehead atoms. The van der Waals surface area contributed by atoms with Crippen LogP contribution < -0.4 is 9.64 Å². The smallest absolute Gasteiger partial charge is 0.303 e. The average Bonchev–Trinajstić information content (AvgIpc) is 2.51. The summed E-state index contributed by atoms with van der Waals surface area (Å²) < 4.78 is 5.69. The van der Waals surface area contributed by atoms with Gasteiger partial charge in [0.2, 0.25) is 0 Å². The molecule has 2 rings (SSSR count). The van der Waals surface area contributed by atoms with E-state index in [1.54, 1.807) is 0 Å². The topological polar surface area (TPSA) is 49.8 Å². The van der Waals surface area contributed by atoms with E-state index in [0.29, 0.717) is 6.61 Å². The fourth-order valence-corrected chi connectivity index (χ4v) is 2.81. The number of fused-ring (bicyclic) bond motifs is 1. The minimum atomic E-state index is -0.734. The maximum atomic E-state index is 11.0. The molecule has 1 N–H and O–H groups in total. The molecule has 1 atom stereocenters. The van der Waals surface area contributed by atoms with Crippen LogP contribution in [-0.2, 0) is 4.79 Å². The maximum Gasteiger partial charge on any atom is 0.303 e. The summed E-state index contributed by atoms with van der Waals surface area (Å²) in [5.74, 6) is 0.208. The van der Waals surface area contributed by atoms with E-state index in [2.05, 4.69) is 4.90 Å². The minimum absolute atomic E-state index is 0.0813. The summed E-state index contributed by atoms with van der Waals surface area (Å²) in [6, 6.07) is 5.95. The molecule has 0 radical (unpaired) electrons. The number of benzene rings is 1. The number of carboxylic acid groups (broad SMARTS) is 1. The molecule has 0 aromatic heterocycles. The van der Waals surface area contributed by atoms with Gasteiger partial charge in [-0.2, -0.15) is 0 Å². The Bertz CT molecular complexity index is 459. The summed E-state index contributed by atoms with van der Waals surface area (Å²) in [7, 11) is 2.05. The molecule has 1 heterocycles. The average molecular weight is 263 g/mol. The molecule has 0 saturated carbocycles. The molecular formula is C15H21NO3. The summed E-state index contributed by atoms with van der Waals surface area (Å²) in [4.78, 5) is 13.2. The molecule has 4 heteroatoms. The van der Waals surface area contributed by atoms with E-state index in [1.807, 2.05) is 32.2 Å². The van der Waals surface area contributed by atoms with Crippen LogP contribution in [0.1, 0.15) is 37.7 Å². The minimum Gasteiger partial charge on any atom is -0.492 e.